The van der Waals surface area contributed by atoms with E-state index in [-0.39, 0.29) is 5.56 Å². The van der Waals surface area contributed by atoms with E-state index >= 15 is 0 Å². The van der Waals surface area contributed by atoms with Crippen molar-refractivity contribution < 1.29 is 4.74 Å². The Morgan fingerprint density at radius 1 is 1.17 bits per heavy atom. The Bertz CT molecular complexity index is 902. The lowest BCUT2D eigenvalue weighted by molar-refractivity contribution is 0.414. The lowest BCUT2D eigenvalue weighted by Crippen LogP contribution is -2.15. The van der Waals surface area contributed by atoms with Gasteiger partial charge in [0.25, 0.3) is 5.56 Å². The molecule has 0 spiro atoms. The molecule has 1 heterocycles. The highest BCUT2D eigenvalue weighted by Gasteiger charge is 2.38. The van der Waals surface area contributed by atoms with E-state index in [4.69, 9.17) is 4.74 Å². The van der Waals surface area contributed by atoms with Crippen LogP contribution in [0.4, 0.5) is 5.95 Å². The fourth-order valence-corrected chi connectivity index (χ4v) is 2.90. The van der Waals surface area contributed by atoms with Crippen LogP contribution in [0.15, 0.2) is 53.3 Å². The molecule has 1 aliphatic rings. The van der Waals surface area contributed by atoms with Gasteiger partial charge in [-0.05, 0) is 36.2 Å². The van der Waals surface area contributed by atoms with E-state index in [1.807, 2.05) is 30.3 Å². The predicted molar refractivity (Wildman–Crippen MR) is 90.1 cm³/mol. The van der Waals surface area contributed by atoms with Gasteiger partial charge in [-0.1, -0.05) is 24.3 Å². The average Bonchev–Trinajstić information content (AvgIpc) is 3.34. The molecule has 1 saturated carbocycles. The second kappa shape index (κ2) is 5.43. The summed E-state index contributed by atoms with van der Waals surface area (Å²) < 4.78 is 5.18. The van der Waals surface area contributed by atoms with Gasteiger partial charge >= 0.3 is 0 Å². The summed E-state index contributed by atoms with van der Waals surface area (Å²) in [4.78, 5) is 19.4. The van der Waals surface area contributed by atoms with E-state index in [0.29, 0.717) is 28.8 Å². The molecule has 0 unspecified atom stereocenters. The Labute approximate surface area is 133 Å². The molecule has 116 valence electrons. The van der Waals surface area contributed by atoms with Crippen LogP contribution in [-0.4, -0.2) is 23.1 Å². The van der Waals surface area contributed by atoms with Crippen LogP contribution in [0.1, 0.15) is 17.9 Å². The van der Waals surface area contributed by atoms with E-state index in [1.54, 1.807) is 13.2 Å². The highest BCUT2D eigenvalue weighted by atomic mass is 16.5. The van der Waals surface area contributed by atoms with Crippen molar-refractivity contribution in [3.8, 4) is 5.75 Å². The number of H-pyrrole nitrogens is 1. The van der Waals surface area contributed by atoms with Crippen LogP contribution < -0.4 is 15.6 Å². The maximum absolute atomic E-state index is 12.1. The van der Waals surface area contributed by atoms with Gasteiger partial charge in [0.15, 0.2) is 0 Å². The number of aromatic nitrogens is 2. The summed E-state index contributed by atoms with van der Waals surface area (Å²) in [5.74, 6) is 1.84. The van der Waals surface area contributed by atoms with Gasteiger partial charge in [0.1, 0.15) is 5.75 Å². The topological polar surface area (TPSA) is 67.0 Å². The fraction of sp³-hybridized carbons (Fsp3) is 0.222. The Morgan fingerprint density at radius 3 is 2.74 bits per heavy atom. The molecule has 1 aromatic heterocycles. The van der Waals surface area contributed by atoms with Crippen molar-refractivity contribution in [1.29, 1.82) is 0 Å². The average molecular weight is 307 g/mol. The highest BCUT2D eigenvalue weighted by Crippen LogP contribution is 2.42. The van der Waals surface area contributed by atoms with Crippen LogP contribution in [0.2, 0.25) is 0 Å². The number of nitrogens with zero attached hydrogens (tertiary/aromatic N) is 1. The van der Waals surface area contributed by atoms with Crippen molar-refractivity contribution in [3.05, 3.63) is 64.4 Å². The summed E-state index contributed by atoms with van der Waals surface area (Å²) in [5.41, 5.74) is 1.87. The molecule has 5 heteroatoms. The number of hydrogen-bond acceptors (Lipinski definition) is 4. The third-order valence-corrected chi connectivity index (χ3v) is 4.27. The first kappa shape index (κ1) is 13.8. The van der Waals surface area contributed by atoms with Gasteiger partial charge in [-0.25, -0.2) is 4.98 Å². The molecule has 23 heavy (non-hydrogen) atoms. The lowest BCUT2D eigenvalue weighted by atomic mass is 10.1. The third kappa shape index (κ3) is 2.65. The van der Waals surface area contributed by atoms with Crippen LogP contribution in [0.3, 0.4) is 0 Å². The Kier molecular flexibility index (Phi) is 3.26. The molecule has 5 nitrogen and oxygen atoms in total. The van der Waals surface area contributed by atoms with Gasteiger partial charge in [0.2, 0.25) is 5.95 Å². The summed E-state index contributed by atoms with van der Waals surface area (Å²) in [6.45, 7) is 0. The van der Waals surface area contributed by atoms with Crippen LogP contribution in [0, 0.1) is 0 Å². The molecule has 0 radical (unpaired) electrons. The van der Waals surface area contributed by atoms with Crippen LogP contribution in [0.25, 0.3) is 10.9 Å². The number of anilines is 1. The Morgan fingerprint density at radius 2 is 1.96 bits per heavy atom. The number of para-hydroxylation sites is 1. The molecule has 3 aromatic rings. The Hall–Kier alpha value is -2.82. The number of ether oxygens (including phenoxy) is 1. The summed E-state index contributed by atoms with van der Waals surface area (Å²) in [6, 6.07) is 15.8. The van der Waals surface area contributed by atoms with Crippen molar-refractivity contribution in [1.82, 2.24) is 9.97 Å². The van der Waals surface area contributed by atoms with Crippen LogP contribution in [0.5, 0.6) is 5.75 Å². The zero-order valence-electron chi connectivity index (χ0n) is 12.7. The van der Waals surface area contributed by atoms with Gasteiger partial charge in [-0.15, -0.1) is 0 Å². The molecular weight excluding hydrogens is 290 g/mol. The molecule has 0 saturated heterocycles. The molecule has 1 aliphatic carbocycles. The quantitative estimate of drug-likeness (QED) is 0.778. The van der Waals surface area contributed by atoms with Crippen molar-refractivity contribution in [2.24, 2.45) is 0 Å². The van der Waals surface area contributed by atoms with E-state index in [0.717, 1.165) is 12.2 Å². The first-order valence-corrected chi connectivity index (χ1v) is 7.64. The normalized spacial score (nSPS) is 19.5. The number of benzene rings is 2. The van der Waals surface area contributed by atoms with Crippen molar-refractivity contribution in [2.45, 2.75) is 18.4 Å². The first-order chi connectivity index (χ1) is 11.2. The third-order valence-electron chi connectivity index (χ3n) is 4.27. The highest BCUT2D eigenvalue weighted by molar-refractivity contribution is 5.78. The SMILES string of the molecule is COc1ccc([C@@H]2C[C@H]2Nc2nc3ccccc3c(=O)[nH]2)cc1. The number of aromatic amines is 1. The molecule has 2 atom stereocenters. The molecule has 0 bridgehead atoms. The number of rotatable bonds is 4. The molecule has 1 fully saturated rings. The summed E-state index contributed by atoms with van der Waals surface area (Å²) in [6.07, 6.45) is 1.03. The zero-order valence-corrected chi connectivity index (χ0v) is 12.7. The number of nitrogens with one attached hydrogen (secondary N) is 2. The second-order valence-corrected chi connectivity index (χ2v) is 5.80. The molecule has 0 amide bonds. The minimum Gasteiger partial charge on any atom is -0.497 e. The number of fused-ring (bicyclic) bond motifs is 1. The van der Waals surface area contributed by atoms with E-state index in [9.17, 15) is 4.79 Å². The van der Waals surface area contributed by atoms with E-state index in [1.165, 1.54) is 5.56 Å². The monoisotopic (exact) mass is 307 g/mol. The standard InChI is InChI=1S/C18H17N3O2/c1-23-12-8-6-11(7-9-12)14-10-16(14)20-18-19-15-5-3-2-4-13(15)17(22)21-18/h2-9,14,16H,10H2,1H3,(H2,19,20,21,22)/t14-,16+/m0/s1. The van der Waals surface area contributed by atoms with Gasteiger partial charge in [0.05, 0.1) is 18.0 Å². The minimum atomic E-state index is -0.111. The van der Waals surface area contributed by atoms with Gasteiger partial charge in [-0.3, -0.25) is 9.78 Å². The van der Waals surface area contributed by atoms with Crippen LogP contribution >= 0.6 is 0 Å². The minimum absolute atomic E-state index is 0.111. The van der Waals surface area contributed by atoms with Gasteiger partial charge in [-0.2, -0.15) is 0 Å². The molecular formula is C18H17N3O2. The fourth-order valence-electron chi connectivity index (χ4n) is 2.90. The van der Waals surface area contributed by atoms with Crippen molar-refractivity contribution >= 4 is 16.9 Å². The van der Waals surface area contributed by atoms with Gasteiger partial charge in [0, 0.05) is 12.0 Å². The largest absolute Gasteiger partial charge is 0.497 e. The number of methoxy groups -OCH3 is 1. The Balaban J connectivity index is 1.52. The van der Waals surface area contributed by atoms with Crippen LogP contribution in [-0.2, 0) is 0 Å². The molecule has 0 aliphatic heterocycles. The van der Waals surface area contributed by atoms with Crippen molar-refractivity contribution in [2.75, 3.05) is 12.4 Å². The van der Waals surface area contributed by atoms with E-state index < -0.39 is 0 Å². The van der Waals surface area contributed by atoms with Crippen molar-refractivity contribution in [3.63, 3.8) is 0 Å². The predicted octanol–water partition coefficient (Wildman–Crippen LogP) is 2.90. The first-order valence-electron chi connectivity index (χ1n) is 7.64. The van der Waals surface area contributed by atoms with Gasteiger partial charge < -0.3 is 10.1 Å². The zero-order chi connectivity index (χ0) is 15.8. The lowest BCUT2D eigenvalue weighted by Gasteiger charge is -2.07. The second-order valence-electron chi connectivity index (χ2n) is 5.80. The molecule has 4 rings (SSSR count). The summed E-state index contributed by atoms with van der Waals surface area (Å²) in [5, 5.41) is 3.94. The summed E-state index contributed by atoms with van der Waals surface area (Å²) in [7, 11) is 1.66. The molecule has 2 aromatic carbocycles. The molecule has 2 N–H and O–H groups in total. The smallest absolute Gasteiger partial charge is 0.260 e. The van der Waals surface area contributed by atoms with E-state index in [2.05, 4.69) is 27.4 Å². The number of hydrogen-bond donors (Lipinski definition) is 2. The summed E-state index contributed by atoms with van der Waals surface area (Å²) >= 11 is 0. The maximum atomic E-state index is 12.1. The maximum Gasteiger partial charge on any atom is 0.260 e.